The van der Waals surface area contributed by atoms with Crippen molar-refractivity contribution in [3.63, 3.8) is 0 Å². The number of ether oxygens (including phenoxy) is 1. The molecular formula is C19H30N4O2. The molecule has 6 heteroatoms. The third-order valence-electron chi connectivity index (χ3n) is 5.21. The van der Waals surface area contributed by atoms with E-state index in [0.717, 1.165) is 70.9 Å². The molecule has 1 N–H and O–H groups in total. The molecule has 1 unspecified atom stereocenters. The molecule has 0 radical (unpaired) electrons. The van der Waals surface area contributed by atoms with E-state index in [4.69, 9.17) is 4.74 Å². The minimum Gasteiger partial charge on any atom is -0.382 e. The Morgan fingerprint density at radius 1 is 1.28 bits per heavy atom. The predicted octanol–water partition coefficient (Wildman–Crippen LogP) is 2.23. The third kappa shape index (κ3) is 4.92. The van der Waals surface area contributed by atoms with Crippen LogP contribution in [0.5, 0.6) is 0 Å². The molecule has 1 atom stereocenters. The number of morpholine rings is 1. The molecular weight excluding hydrogens is 316 g/mol. The van der Waals surface area contributed by atoms with Crippen LogP contribution in [0.25, 0.3) is 0 Å². The fraction of sp³-hybridized carbons (Fsp3) is 0.684. The van der Waals surface area contributed by atoms with Gasteiger partial charge in [0.2, 0.25) is 0 Å². The van der Waals surface area contributed by atoms with Crippen molar-refractivity contribution in [2.45, 2.75) is 38.6 Å². The molecule has 3 rings (SSSR count). The maximum absolute atomic E-state index is 12.9. The van der Waals surface area contributed by atoms with Crippen LogP contribution < -0.4 is 5.32 Å². The highest BCUT2D eigenvalue weighted by molar-refractivity contribution is 5.95. The summed E-state index contributed by atoms with van der Waals surface area (Å²) in [5.41, 5.74) is 1.61. The maximum Gasteiger partial charge on any atom is 0.255 e. The highest BCUT2D eigenvalue weighted by Gasteiger charge is 2.26. The molecule has 1 aromatic heterocycles. The summed E-state index contributed by atoms with van der Waals surface area (Å²) >= 11 is 0. The number of nitrogens with zero attached hydrogens (tertiary/aromatic N) is 3. The lowest BCUT2D eigenvalue weighted by molar-refractivity contribution is 0.0398. The van der Waals surface area contributed by atoms with Gasteiger partial charge in [-0.3, -0.25) is 14.7 Å². The van der Waals surface area contributed by atoms with E-state index in [-0.39, 0.29) is 5.91 Å². The number of amides is 1. The Balaban J connectivity index is 1.55. The standard InChI is InChI=1S/C19H30N4O2/c1-2-18-5-3-4-7-23(18)19(24)16-13-17(15-20-14-16)21-6-8-22-9-11-25-12-10-22/h13-15,18,21H,2-12H2,1H3. The summed E-state index contributed by atoms with van der Waals surface area (Å²) in [5, 5.41) is 3.40. The lowest BCUT2D eigenvalue weighted by Crippen LogP contribution is -2.43. The summed E-state index contributed by atoms with van der Waals surface area (Å²) in [7, 11) is 0. The smallest absolute Gasteiger partial charge is 0.255 e. The lowest BCUT2D eigenvalue weighted by Gasteiger charge is -2.35. The average Bonchev–Trinajstić information content (AvgIpc) is 2.68. The van der Waals surface area contributed by atoms with Gasteiger partial charge in [0.25, 0.3) is 5.91 Å². The van der Waals surface area contributed by atoms with Gasteiger partial charge < -0.3 is 15.0 Å². The molecule has 3 heterocycles. The van der Waals surface area contributed by atoms with Gasteiger partial charge in [0.15, 0.2) is 0 Å². The van der Waals surface area contributed by atoms with E-state index in [9.17, 15) is 4.79 Å². The van der Waals surface area contributed by atoms with E-state index in [2.05, 4.69) is 22.1 Å². The van der Waals surface area contributed by atoms with Gasteiger partial charge in [0.1, 0.15) is 0 Å². The first-order valence-corrected chi connectivity index (χ1v) is 9.58. The number of anilines is 1. The molecule has 6 nitrogen and oxygen atoms in total. The average molecular weight is 346 g/mol. The van der Waals surface area contributed by atoms with Crippen molar-refractivity contribution in [2.24, 2.45) is 0 Å². The quantitative estimate of drug-likeness (QED) is 0.856. The summed E-state index contributed by atoms with van der Waals surface area (Å²) in [5.74, 6) is 0.121. The zero-order valence-corrected chi connectivity index (χ0v) is 15.2. The van der Waals surface area contributed by atoms with Crippen molar-refractivity contribution in [2.75, 3.05) is 51.3 Å². The monoisotopic (exact) mass is 346 g/mol. The first-order valence-electron chi connectivity index (χ1n) is 9.58. The molecule has 0 spiro atoms. The number of carbonyl (C=O) groups is 1. The van der Waals surface area contributed by atoms with Crippen LogP contribution in [-0.2, 0) is 4.74 Å². The van der Waals surface area contributed by atoms with Crippen molar-refractivity contribution in [3.8, 4) is 0 Å². The molecule has 2 fully saturated rings. The molecule has 138 valence electrons. The van der Waals surface area contributed by atoms with Crippen molar-refractivity contribution in [3.05, 3.63) is 24.0 Å². The minimum absolute atomic E-state index is 0.121. The van der Waals surface area contributed by atoms with Gasteiger partial charge >= 0.3 is 0 Å². The number of likely N-dealkylation sites (tertiary alicyclic amines) is 1. The fourth-order valence-corrected chi connectivity index (χ4v) is 3.69. The lowest BCUT2D eigenvalue weighted by atomic mass is 9.99. The summed E-state index contributed by atoms with van der Waals surface area (Å²) in [6, 6.07) is 2.31. The number of piperidine rings is 1. The molecule has 1 aromatic rings. The van der Waals surface area contributed by atoms with Crippen LogP contribution in [0, 0.1) is 0 Å². The second-order valence-electron chi connectivity index (χ2n) is 6.90. The number of pyridine rings is 1. The molecule has 2 saturated heterocycles. The van der Waals surface area contributed by atoms with Crippen LogP contribution in [0.1, 0.15) is 43.0 Å². The van der Waals surface area contributed by atoms with E-state index in [0.29, 0.717) is 11.6 Å². The predicted molar refractivity (Wildman–Crippen MR) is 99.0 cm³/mol. The number of carbonyl (C=O) groups excluding carboxylic acids is 1. The van der Waals surface area contributed by atoms with E-state index in [1.165, 1.54) is 6.42 Å². The molecule has 1 amide bonds. The molecule has 0 bridgehead atoms. The zero-order valence-electron chi connectivity index (χ0n) is 15.2. The fourth-order valence-electron chi connectivity index (χ4n) is 3.69. The van der Waals surface area contributed by atoms with E-state index < -0.39 is 0 Å². The van der Waals surface area contributed by atoms with Crippen molar-refractivity contribution in [1.29, 1.82) is 0 Å². The summed E-state index contributed by atoms with van der Waals surface area (Å²) in [4.78, 5) is 21.6. The van der Waals surface area contributed by atoms with Gasteiger partial charge in [0.05, 0.1) is 24.5 Å². The van der Waals surface area contributed by atoms with Crippen LogP contribution in [0.3, 0.4) is 0 Å². The Hall–Kier alpha value is -1.66. The van der Waals surface area contributed by atoms with Crippen molar-refractivity contribution < 1.29 is 9.53 Å². The van der Waals surface area contributed by atoms with Gasteiger partial charge in [0, 0.05) is 51.2 Å². The van der Waals surface area contributed by atoms with Crippen LogP contribution in [-0.4, -0.2) is 72.7 Å². The Labute approximate surface area is 150 Å². The SMILES string of the molecule is CCC1CCCCN1C(=O)c1cncc(NCCN2CCOCC2)c1. The van der Waals surface area contributed by atoms with Crippen molar-refractivity contribution in [1.82, 2.24) is 14.8 Å². The second-order valence-corrected chi connectivity index (χ2v) is 6.90. The highest BCUT2D eigenvalue weighted by atomic mass is 16.5. The minimum atomic E-state index is 0.121. The first kappa shape index (κ1) is 18.1. The largest absolute Gasteiger partial charge is 0.382 e. The normalized spacial score (nSPS) is 22.0. The summed E-state index contributed by atoms with van der Waals surface area (Å²) in [6.45, 7) is 8.48. The molecule has 2 aliphatic rings. The number of aromatic nitrogens is 1. The van der Waals surface area contributed by atoms with E-state index in [1.807, 2.05) is 11.0 Å². The van der Waals surface area contributed by atoms with E-state index in [1.54, 1.807) is 12.4 Å². The highest BCUT2D eigenvalue weighted by Crippen LogP contribution is 2.22. The third-order valence-corrected chi connectivity index (χ3v) is 5.21. The second kappa shape index (κ2) is 9.15. The van der Waals surface area contributed by atoms with Gasteiger partial charge in [-0.05, 0) is 31.7 Å². The van der Waals surface area contributed by atoms with Crippen LogP contribution >= 0.6 is 0 Å². The Morgan fingerprint density at radius 2 is 2.12 bits per heavy atom. The first-order chi connectivity index (χ1) is 12.3. The van der Waals surface area contributed by atoms with Crippen LogP contribution in [0.2, 0.25) is 0 Å². The summed E-state index contributed by atoms with van der Waals surface area (Å²) < 4.78 is 5.37. The van der Waals surface area contributed by atoms with E-state index >= 15 is 0 Å². The Kier molecular flexibility index (Phi) is 6.64. The molecule has 25 heavy (non-hydrogen) atoms. The van der Waals surface area contributed by atoms with Crippen LogP contribution in [0.4, 0.5) is 5.69 Å². The number of rotatable bonds is 6. The topological polar surface area (TPSA) is 57.7 Å². The number of hydrogen-bond donors (Lipinski definition) is 1. The zero-order chi connectivity index (χ0) is 17.5. The number of hydrogen-bond acceptors (Lipinski definition) is 5. The molecule has 0 saturated carbocycles. The maximum atomic E-state index is 12.9. The molecule has 0 aliphatic carbocycles. The van der Waals surface area contributed by atoms with Crippen molar-refractivity contribution >= 4 is 11.6 Å². The Morgan fingerprint density at radius 3 is 2.92 bits per heavy atom. The Bertz CT molecular complexity index is 560. The number of nitrogens with one attached hydrogen (secondary N) is 1. The van der Waals surface area contributed by atoms with Gasteiger partial charge in [-0.25, -0.2) is 0 Å². The van der Waals surface area contributed by atoms with Crippen LogP contribution in [0.15, 0.2) is 18.5 Å². The molecule has 0 aromatic carbocycles. The van der Waals surface area contributed by atoms with Gasteiger partial charge in [-0.2, -0.15) is 0 Å². The molecule has 2 aliphatic heterocycles. The van der Waals surface area contributed by atoms with Gasteiger partial charge in [-0.1, -0.05) is 6.92 Å². The van der Waals surface area contributed by atoms with Gasteiger partial charge in [-0.15, -0.1) is 0 Å². The summed E-state index contributed by atoms with van der Waals surface area (Å²) in [6.07, 6.45) is 7.96.